The number of aromatic nitrogens is 2. The molecule has 0 atom stereocenters. The Morgan fingerprint density at radius 2 is 1.86 bits per heavy atom. The fourth-order valence-electron chi connectivity index (χ4n) is 4.02. The van der Waals surface area contributed by atoms with Gasteiger partial charge in [0.05, 0.1) is 23.6 Å². The molecule has 186 valence electrons. The number of nitrogens with one attached hydrogen (secondary N) is 2. The van der Waals surface area contributed by atoms with Crippen LogP contribution in [0.15, 0.2) is 54.7 Å². The molecule has 0 saturated carbocycles. The maximum Gasteiger partial charge on any atom is 0.227 e. The second-order valence-electron chi connectivity index (χ2n) is 9.01. The van der Waals surface area contributed by atoms with Crippen molar-refractivity contribution in [2.75, 3.05) is 54.9 Å². The molecular formula is C27H31N7O2. The molecule has 1 amide bonds. The Morgan fingerprint density at radius 3 is 2.53 bits per heavy atom. The Hall–Kier alpha value is -4.00. The lowest BCUT2D eigenvalue weighted by atomic mass is 10.1. The zero-order valence-electron chi connectivity index (χ0n) is 20.6. The van der Waals surface area contributed by atoms with Gasteiger partial charge in [0.1, 0.15) is 6.07 Å². The van der Waals surface area contributed by atoms with Crippen molar-refractivity contribution in [3.05, 3.63) is 60.3 Å². The molecule has 0 aliphatic carbocycles. The van der Waals surface area contributed by atoms with E-state index in [9.17, 15) is 10.1 Å². The molecule has 1 saturated heterocycles. The van der Waals surface area contributed by atoms with Crippen molar-refractivity contribution in [3.8, 4) is 17.3 Å². The summed E-state index contributed by atoms with van der Waals surface area (Å²) in [4.78, 5) is 25.6. The number of aliphatic hydroxyl groups is 1. The first-order valence-corrected chi connectivity index (χ1v) is 12.1. The number of hydrogen-bond acceptors (Lipinski definition) is 8. The quantitative estimate of drug-likeness (QED) is 0.444. The Balaban J connectivity index is 1.43. The highest BCUT2D eigenvalue weighted by molar-refractivity contribution is 5.93. The third-order valence-electron chi connectivity index (χ3n) is 6.15. The van der Waals surface area contributed by atoms with Crippen molar-refractivity contribution in [2.45, 2.75) is 13.8 Å². The van der Waals surface area contributed by atoms with Gasteiger partial charge in [0, 0.05) is 61.8 Å². The largest absolute Gasteiger partial charge is 0.395 e. The molecule has 2 heterocycles. The summed E-state index contributed by atoms with van der Waals surface area (Å²) in [5, 5.41) is 24.7. The third kappa shape index (κ3) is 6.16. The number of nitriles is 1. The summed E-state index contributed by atoms with van der Waals surface area (Å²) >= 11 is 0. The lowest BCUT2D eigenvalue weighted by molar-refractivity contribution is -0.118. The van der Waals surface area contributed by atoms with Gasteiger partial charge in [-0.1, -0.05) is 19.9 Å². The molecule has 4 rings (SSSR count). The number of amides is 1. The number of piperazine rings is 1. The second kappa shape index (κ2) is 11.6. The van der Waals surface area contributed by atoms with Crippen LogP contribution in [0.5, 0.6) is 0 Å². The van der Waals surface area contributed by atoms with Gasteiger partial charge in [-0.05, 0) is 42.5 Å². The summed E-state index contributed by atoms with van der Waals surface area (Å²) in [7, 11) is 0. The predicted octanol–water partition coefficient (Wildman–Crippen LogP) is 3.47. The predicted molar refractivity (Wildman–Crippen MR) is 141 cm³/mol. The molecule has 2 aromatic carbocycles. The molecule has 0 radical (unpaired) electrons. The molecule has 0 unspecified atom stereocenters. The Morgan fingerprint density at radius 1 is 1.11 bits per heavy atom. The van der Waals surface area contributed by atoms with Gasteiger partial charge >= 0.3 is 0 Å². The highest BCUT2D eigenvalue weighted by atomic mass is 16.3. The van der Waals surface area contributed by atoms with Crippen molar-refractivity contribution < 1.29 is 9.90 Å². The monoisotopic (exact) mass is 485 g/mol. The standard InChI is InChI=1S/C27H31N7O2/c1-19(2)26(36)31-24-8-3-20(17-21(24)18-28)25-9-10-29-27(32-25)30-22-4-6-23(7-5-22)34-13-11-33(12-14-34)15-16-35/h3-10,17,19,35H,11-16H2,1-2H3,(H,31,36)(H,29,30,32). The first-order chi connectivity index (χ1) is 17.5. The number of nitrogens with zero attached hydrogens (tertiary/aromatic N) is 5. The lowest BCUT2D eigenvalue weighted by Crippen LogP contribution is -2.47. The van der Waals surface area contributed by atoms with E-state index in [1.54, 1.807) is 38.2 Å². The Kier molecular flexibility index (Phi) is 8.10. The number of carbonyl (C=O) groups excluding carboxylic acids is 1. The highest BCUT2D eigenvalue weighted by Crippen LogP contribution is 2.26. The molecule has 1 aromatic heterocycles. The van der Waals surface area contributed by atoms with E-state index in [0.717, 1.165) is 49.7 Å². The van der Waals surface area contributed by atoms with Crippen LogP contribution in [0.3, 0.4) is 0 Å². The van der Waals surface area contributed by atoms with Crippen molar-refractivity contribution >= 4 is 28.9 Å². The number of anilines is 4. The highest BCUT2D eigenvalue weighted by Gasteiger charge is 2.17. The van der Waals surface area contributed by atoms with Gasteiger partial charge in [-0.15, -0.1) is 0 Å². The normalized spacial score (nSPS) is 13.9. The van der Waals surface area contributed by atoms with Crippen molar-refractivity contribution in [2.24, 2.45) is 5.92 Å². The zero-order valence-corrected chi connectivity index (χ0v) is 20.6. The van der Waals surface area contributed by atoms with Crippen LogP contribution in [0, 0.1) is 17.2 Å². The number of rotatable bonds is 8. The first kappa shape index (κ1) is 25.1. The molecular weight excluding hydrogens is 454 g/mol. The second-order valence-corrected chi connectivity index (χ2v) is 9.01. The van der Waals surface area contributed by atoms with E-state index in [-0.39, 0.29) is 18.4 Å². The van der Waals surface area contributed by atoms with Crippen LogP contribution in [-0.4, -0.2) is 65.2 Å². The SMILES string of the molecule is CC(C)C(=O)Nc1ccc(-c2ccnc(Nc3ccc(N4CCN(CCO)CC4)cc3)n2)cc1C#N. The molecule has 3 N–H and O–H groups in total. The van der Waals surface area contributed by atoms with Gasteiger partial charge < -0.3 is 20.6 Å². The van der Waals surface area contributed by atoms with Crippen LogP contribution >= 0.6 is 0 Å². The summed E-state index contributed by atoms with van der Waals surface area (Å²) < 4.78 is 0. The van der Waals surface area contributed by atoms with Crippen molar-refractivity contribution in [1.29, 1.82) is 5.26 Å². The summed E-state index contributed by atoms with van der Waals surface area (Å²) in [6.07, 6.45) is 1.67. The van der Waals surface area contributed by atoms with E-state index < -0.39 is 0 Å². The summed E-state index contributed by atoms with van der Waals surface area (Å²) in [6.45, 7) is 8.29. The fraction of sp³-hybridized carbons (Fsp3) is 0.333. The molecule has 1 fully saturated rings. The average Bonchev–Trinajstić information content (AvgIpc) is 2.90. The smallest absolute Gasteiger partial charge is 0.227 e. The van der Waals surface area contributed by atoms with E-state index in [1.807, 2.05) is 18.2 Å². The molecule has 1 aliphatic heterocycles. The van der Waals surface area contributed by atoms with Crippen molar-refractivity contribution in [1.82, 2.24) is 14.9 Å². The first-order valence-electron chi connectivity index (χ1n) is 12.1. The third-order valence-corrected chi connectivity index (χ3v) is 6.15. The molecule has 1 aliphatic rings. The van der Waals surface area contributed by atoms with E-state index in [1.165, 1.54) is 0 Å². The van der Waals surface area contributed by atoms with Crippen LogP contribution in [0.4, 0.5) is 23.0 Å². The van der Waals surface area contributed by atoms with Crippen LogP contribution in [0.1, 0.15) is 19.4 Å². The number of hydrogen-bond donors (Lipinski definition) is 3. The molecule has 0 spiro atoms. The topological polar surface area (TPSA) is 117 Å². The zero-order chi connectivity index (χ0) is 25.5. The number of benzene rings is 2. The summed E-state index contributed by atoms with van der Waals surface area (Å²) in [5.41, 5.74) is 4.33. The van der Waals surface area contributed by atoms with Gasteiger partial charge in [0.15, 0.2) is 0 Å². The number of aliphatic hydroxyl groups excluding tert-OH is 1. The lowest BCUT2D eigenvalue weighted by Gasteiger charge is -2.35. The van der Waals surface area contributed by atoms with E-state index in [2.05, 4.69) is 48.6 Å². The minimum absolute atomic E-state index is 0.136. The summed E-state index contributed by atoms with van der Waals surface area (Å²) in [5.74, 6) is 0.138. The molecule has 3 aromatic rings. The Labute approximate surface area is 211 Å². The van der Waals surface area contributed by atoms with Crippen LogP contribution < -0.4 is 15.5 Å². The van der Waals surface area contributed by atoms with Gasteiger partial charge in [0.25, 0.3) is 0 Å². The van der Waals surface area contributed by atoms with Crippen LogP contribution in [0.25, 0.3) is 11.3 Å². The van der Waals surface area contributed by atoms with Gasteiger partial charge in [-0.2, -0.15) is 5.26 Å². The molecule has 9 nitrogen and oxygen atoms in total. The average molecular weight is 486 g/mol. The maximum absolute atomic E-state index is 12.0. The number of carbonyl (C=O) groups is 1. The van der Waals surface area contributed by atoms with E-state index in [4.69, 9.17) is 5.11 Å². The van der Waals surface area contributed by atoms with Gasteiger partial charge in [-0.25, -0.2) is 9.97 Å². The molecule has 9 heteroatoms. The summed E-state index contributed by atoms with van der Waals surface area (Å²) in [6, 6.07) is 17.4. The number of β-amino-alcohol motifs (C(OH)–C–C–N with tert-alkyl or cyclic N) is 1. The van der Waals surface area contributed by atoms with Crippen molar-refractivity contribution in [3.63, 3.8) is 0 Å². The van der Waals surface area contributed by atoms with E-state index >= 15 is 0 Å². The van der Waals surface area contributed by atoms with Gasteiger partial charge in [0.2, 0.25) is 11.9 Å². The minimum Gasteiger partial charge on any atom is -0.395 e. The fourth-order valence-corrected chi connectivity index (χ4v) is 4.02. The minimum atomic E-state index is -0.178. The Bertz CT molecular complexity index is 1230. The van der Waals surface area contributed by atoms with Crippen LogP contribution in [-0.2, 0) is 4.79 Å². The van der Waals surface area contributed by atoms with Gasteiger partial charge in [-0.3, -0.25) is 9.69 Å². The molecule has 0 bridgehead atoms. The molecule has 36 heavy (non-hydrogen) atoms. The maximum atomic E-state index is 12.0. The van der Waals surface area contributed by atoms with Crippen LogP contribution in [0.2, 0.25) is 0 Å². The van der Waals surface area contributed by atoms with E-state index in [0.29, 0.717) is 22.9 Å².